The van der Waals surface area contributed by atoms with Crippen LogP contribution in [0.5, 0.6) is 0 Å². The fraction of sp³-hybridized carbons (Fsp3) is 0.188. The van der Waals surface area contributed by atoms with Crippen molar-refractivity contribution in [2.75, 3.05) is 0 Å². The summed E-state index contributed by atoms with van der Waals surface area (Å²) in [5.41, 5.74) is 3.46. The zero-order valence-corrected chi connectivity index (χ0v) is 11.5. The van der Waals surface area contributed by atoms with Crippen LogP contribution in [0.4, 0.5) is 0 Å². The number of aryl methyl sites for hydroxylation is 2. The maximum absolute atomic E-state index is 12.3. The molecule has 100 valence electrons. The summed E-state index contributed by atoms with van der Waals surface area (Å²) in [6.45, 7) is 1.93. The van der Waals surface area contributed by atoms with Gasteiger partial charge in [0.2, 0.25) is 0 Å². The lowest BCUT2D eigenvalue weighted by Crippen LogP contribution is -2.05. The van der Waals surface area contributed by atoms with Crippen LogP contribution < -0.4 is 0 Å². The van der Waals surface area contributed by atoms with Crippen LogP contribution in [0.25, 0.3) is 10.9 Å². The zero-order valence-electron chi connectivity index (χ0n) is 11.5. The Balaban J connectivity index is 1.88. The van der Waals surface area contributed by atoms with E-state index < -0.39 is 0 Å². The predicted octanol–water partition coefficient (Wildman–Crippen LogP) is 2.70. The standard InChI is InChI=1S/C16H15N3O/c1-11-4-3-5-14(18-11)9-16(20)12-6-7-15-13(8-12)10-17-19(15)2/h3-8,10H,9H2,1-2H3. The maximum Gasteiger partial charge on any atom is 0.168 e. The van der Waals surface area contributed by atoms with Crippen molar-refractivity contribution in [2.45, 2.75) is 13.3 Å². The number of rotatable bonds is 3. The van der Waals surface area contributed by atoms with Crippen LogP contribution in [0.1, 0.15) is 21.7 Å². The molecule has 0 aliphatic rings. The molecule has 4 nitrogen and oxygen atoms in total. The Kier molecular flexibility index (Phi) is 3.06. The van der Waals surface area contributed by atoms with Crippen LogP contribution in [0, 0.1) is 6.92 Å². The van der Waals surface area contributed by atoms with E-state index in [1.54, 1.807) is 10.9 Å². The first kappa shape index (κ1) is 12.5. The predicted molar refractivity (Wildman–Crippen MR) is 77.7 cm³/mol. The fourth-order valence-corrected chi connectivity index (χ4v) is 2.30. The zero-order chi connectivity index (χ0) is 14.1. The van der Waals surface area contributed by atoms with Crippen molar-refractivity contribution >= 4 is 16.7 Å². The van der Waals surface area contributed by atoms with Gasteiger partial charge in [0.25, 0.3) is 0 Å². The molecule has 0 atom stereocenters. The Morgan fingerprint density at radius 1 is 1.25 bits per heavy atom. The summed E-state index contributed by atoms with van der Waals surface area (Å²) in [6, 6.07) is 11.4. The van der Waals surface area contributed by atoms with Gasteiger partial charge in [-0.1, -0.05) is 6.07 Å². The highest BCUT2D eigenvalue weighted by Crippen LogP contribution is 2.16. The van der Waals surface area contributed by atoms with Crippen molar-refractivity contribution in [1.82, 2.24) is 14.8 Å². The summed E-state index contributed by atoms with van der Waals surface area (Å²) in [7, 11) is 1.89. The average Bonchev–Trinajstić information content (AvgIpc) is 2.80. The van der Waals surface area contributed by atoms with Gasteiger partial charge in [-0.25, -0.2) is 0 Å². The SMILES string of the molecule is Cc1cccc(CC(=O)c2ccc3c(cnn3C)c2)n1. The number of carbonyl (C=O) groups excluding carboxylic acids is 1. The van der Waals surface area contributed by atoms with E-state index in [2.05, 4.69) is 10.1 Å². The van der Waals surface area contributed by atoms with E-state index in [9.17, 15) is 4.79 Å². The van der Waals surface area contributed by atoms with Crippen molar-refractivity contribution in [1.29, 1.82) is 0 Å². The number of hydrogen-bond donors (Lipinski definition) is 0. The van der Waals surface area contributed by atoms with E-state index in [1.165, 1.54) is 0 Å². The second-order valence-electron chi connectivity index (χ2n) is 4.91. The van der Waals surface area contributed by atoms with Crippen LogP contribution in [0.15, 0.2) is 42.6 Å². The lowest BCUT2D eigenvalue weighted by molar-refractivity contribution is 0.0992. The largest absolute Gasteiger partial charge is 0.294 e. The van der Waals surface area contributed by atoms with Crippen molar-refractivity contribution in [3.8, 4) is 0 Å². The molecule has 0 unspecified atom stereocenters. The quantitative estimate of drug-likeness (QED) is 0.684. The highest BCUT2D eigenvalue weighted by molar-refractivity contribution is 6.00. The Morgan fingerprint density at radius 2 is 2.10 bits per heavy atom. The molecule has 3 rings (SSSR count). The number of nitrogens with zero attached hydrogens (tertiary/aromatic N) is 3. The topological polar surface area (TPSA) is 47.8 Å². The fourth-order valence-electron chi connectivity index (χ4n) is 2.30. The van der Waals surface area contributed by atoms with Gasteiger partial charge in [-0.05, 0) is 37.3 Å². The molecule has 0 bridgehead atoms. The van der Waals surface area contributed by atoms with Crippen LogP contribution in [-0.2, 0) is 13.5 Å². The van der Waals surface area contributed by atoms with Crippen molar-refractivity contribution in [3.05, 3.63) is 59.5 Å². The molecule has 4 heteroatoms. The third kappa shape index (κ3) is 2.32. The van der Waals surface area contributed by atoms with Gasteiger partial charge in [-0.3, -0.25) is 14.5 Å². The molecule has 2 aromatic heterocycles. The molecule has 0 radical (unpaired) electrons. The normalized spacial score (nSPS) is 10.9. The van der Waals surface area contributed by atoms with Gasteiger partial charge < -0.3 is 0 Å². The van der Waals surface area contributed by atoms with Crippen molar-refractivity contribution in [2.24, 2.45) is 7.05 Å². The summed E-state index contributed by atoms with van der Waals surface area (Å²) in [5, 5.41) is 5.17. The van der Waals surface area contributed by atoms with E-state index in [0.29, 0.717) is 12.0 Å². The molecule has 3 aromatic rings. The minimum Gasteiger partial charge on any atom is -0.294 e. The number of fused-ring (bicyclic) bond motifs is 1. The lowest BCUT2D eigenvalue weighted by atomic mass is 10.0. The van der Waals surface area contributed by atoms with Gasteiger partial charge in [-0.15, -0.1) is 0 Å². The number of Topliss-reactive ketones (excluding diaryl/α,β-unsaturated/α-hetero) is 1. The van der Waals surface area contributed by atoms with Gasteiger partial charge in [0.15, 0.2) is 5.78 Å². The van der Waals surface area contributed by atoms with Crippen LogP contribution in [0.3, 0.4) is 0 Å². The molecule has 0 aliphatic carbocycles. The number of pyridine rings is 1. The number of carbonyl (C=O) groups is 1. The lowest BCUT2D eigenvalue weighted by Gasteiger charge is -2.03. The molecule has 0 amide bonds. The third-order valence-corrected chi connectivity index (χ3v) is 3.36. The van der Waals surface area contributed by atoms with Crippen LogP contribution in [0.2, 0.25) is 0 Å². The molecule has 0 N–H and O–H groups in total. The molecule has 0 saturated heterocycles. The summed E-state index contributed by atoms with van der Waals surface area (Å²) >= 11 is 0. The second kappa shape index (κ2) is 4.89. The van der Waals surface area contributed by atoms with Crippen molar-refractivity contribution < 1.29 is 4.79 Å². The Morgan fingerprint density at radius 3 is 2.90 bits per heavy atom. The van der Waals surface area contributed by atoms with E-state index >= 15 is 0 Å². The average molecular weight is 265 g/mol. The third-order valence-electron chi connectivity index (χ3n) is 3.36. The molecule has 1 aromatic carbocycles. The summed E-state index contributed by atoms with van der Waals surface area (Å²) < 4.78 is 1.80. The first-order valence-electron chi connectivity index (χ1n) is 6.51. The highest BCUT2D eigenvalue weighted by atomic mass is 16.1. The minimum absolute atomic E-state index is 0.0776. The Bertz CT molecular complexity index is 789. The van der Waals surface area contributed by atoms with Crippen LogP contribution >= 0.6 is 0 Å². The number of benzene rings is 1. The van der Waals surface area contributed by atoms with Gasteiger partial charge >= 0.3 is 0 Å². The molecule has 0 spiro atoms. The van der Waals surface area contributed by atoms with Gasteiger partial charge in [-0.2, -0.15) is 5.10 Å². The van der Waals surface area contributed by atoms with Crippen LogP contribution in [-0.4, -0.2) is 20.5 Å². The van der Waals surface area contributed by atoms with Gasteiger partial charge in [0.05, 0.1) is 18.1 Å². The Labute approximate surface area is 117 Å². The first-order chi connectivity index (χ1) is 9.63. The molecule has 20 heavy (non-hydrogen) atoms. The smallest absolute Gasteiger partial charge is 0.168 e. The molecular weight excluding hydrogens is 250 g/mol. The van der Waals surface area contributed by atoms with E-state index in [-0.39, 0.29) is 5.78 Å². The van der Waals surface area contributed by atoms with Crippen molar-refractivity contribution in [3.63, 3.8) is 0 Å². The monoisotopic (exact) mass is 265 g/mol. The first-order valence-corrected chi connectivity index (χ1v) is 6.51. The summed E-state index contributed by atoms with van der Waals surface area (Å²) in [6.07, 6.45) is 2.10. The number of aromatic nitrogens is 3. The molecule has 0 aliphatic heterocycles. The summed E-state index contributed by atoms with van der Waals surface area (Å²) in [4.78, 5) is 16.7. The molecular formula is C16H15N3O. The minimum atomic E-state index is 0.0776. The molecule has 2 heterocycles. The molecule has 0 fully saturated rings. The Hall–Kier alpha value is -2.49. The van der Waals surface area contributed by atoms with E-state index in [0.717, 1.165) is 22.3 Å². The summed E-state index contributed by atoms with van der Waals surface area (Å²) in [5.74, 6) is 0.0776. The van der Waals surface area contributed by atoms with Gasteiger partial charge in [0, 0.05) is 29.4 Å². The maximum atomic E-state index is 12.3. The highest BCUT2D eigenvalue weighted by Gasteiger charge is 2.10. The molecule has 0 saturated carbocycles. The van der Waals surface area contributed by atoms with Gasteiger partial charge in [0.1, 0.15) is 0 Å². The second-order valence-corrected chi connectivity index (χ2v) is 4.91. The number of ketones is 1. The van der Waals surface area contributed by atoms with E-state index in [1.807, 2.05) is 50.4 Å². The van der Waals surface area contributed by atoms with E-state index in [4.69, 9.17) is 0 Å². The number of hydrogen-bond acceptors (Lipinski definition) is 3.